The number of hydrogen-bond donors (Lipinski definition) is 0. The molecular weight excluding hydrogens is 228 g/mol. The lowest BCUT2D eigenvalue weighted by molar-refractivity contribution is -0.201. The summed E-state index contributed by atoms with van der Waals surface area (Å²) in [5.41, 5.74) is 0. The summed E-state index contributed by atoms with van der Waals surface area (Å²) in [4.78, 5) is 32.6. The van der Waals surface area contributed by atoms with Gasteiger partial charge in [0.05, 0.1) is 6.10 Å². The van der Waals surface area contributed by atoms with Gasteiger partial charge >= 0.3 is 11.9 Å². The van der Waals surface area contributed by atoms with Crippen LogP contribution in [0.25, 0.3) is 0 Å². The third-order valence-electron chi connectivity index (χ3n) is 2.45. The predicted octanol–water partition coefficient (Wildman–Crippen LogP) is 0.226. The Kier molecular flexibility index (Phi) is 4.62. The third-order valence-corrected chi connectivity index (χ3v) is 2.45. The van der Waals surface area contributed by atoms with Gasteiger partial charge in [0.1, 0.15) is 18.5 Å². The molecule has 96 valence electrons. The topological polar surface area (TPSA) is 78.9 Å². The van der Waals surface area contributed by atoms with E-state index in [1.165, 1.54) is 13.8 Å². The monoisotopic (exact) mass is 244 g/mol. The van der Waals surface area contributed by atoms with Crippen molar-refractivity contribution in [3.63, 3.8) is 0 Å². The highest BCUT2D eigenvalue weighted by atomic mass is 16.6. The molecule has 6 nitrogen and oxygen atoms in total. The maximum Gasteiger partial charge on any atom is 0.303 e. The smallest absolute Gasteiger partial charge is 0.303 e. The fourth-order valence-electron chi connectivity index (χ4n) is 1.85. The average Bonchev–Trinajstić information content (AvgIpc) is 2.21. The van der Waals surface area contributed by atoms with Gasteiger partial charge in [-0.2, -0.15) is 0 Å². The molecule has 1 aliphatic rings. The van der Waals surface area contributed by atoms with Crippen molar-refractivity contribution in [2.75, 3.05) is 0 Å². The molecule has 0 aromatic carbocycles. The Labute approximate surface area is 99.2 Å². The van der Waals surface area contributed by atoms with Gasteiger partial charge in [-0.15, -0.1) is 0 Å². The third kappa shape index (κ3) is 3.81. The molecule has 1 rings (SSSR count). The Bertz CT molecular complexity index is 313. The van der Waals surface area contributed by atoms with Crippen LogP contribution in [-0.2, 0) is 28.6 Å². The van der Waals surface area contributed by atoms with E-state index >= 15 is 0 Å². The van der Waals surface area contributed by atoms with Crippen LogP contribution in [0.2, 0.25) is 0 Å². The van der Waals surface area contributed by atoms with Crippen LogP contribution >= 0.6 is 0 Å². The Balaban J connectivity index is 2.77. The van der Waals surface area contributed by atoms with Crippen LogP contribution in [0.3, 0.4) is 0 Å². The Morgan fingerprint density at radius 2 is 1.82 bits per heavy atom. The zero-order valence-electron chi connectivity index (χ0n) is 10.0. The summed E-state index contributed by atoms with van der Waals surface area (Å²) >= 11 is 0. The van der Waals surface area contributed by atoms with E-state index in [-0.39, 0.29) is 6.42 Å². The highest BCUT2D eigenvalue weighted by Crippen LogP contribution is 2.24. The van der Waals surface area contributed by atoms with Gasteiger partial charge in [-0.3, -0.25) is 9.59 Å². The lowest BCUT2D eigenvalue weighted by Crippen LogP contribution is -2.51. The number of rotatable bonds is 3. The van der Waals surface area contributed by atoms with E-state index in [1.54, 1.807) is 6.92 Å². The summed E-state index contributed by atoms with van der Waals surface area (Å²) in [7, 11) is 0. The summed E-state index contributed by atoms with van der Waals surface area (Å²) in [6, 6.07) is 0. The molecule has 0 aliphatic carbocycles. The number of carbonyl (C=O) groups is 3. The van der Waals surface area contributed by atoms with E-state index < -0.39 is 36.4 Å². The van der Waals surface area contributed by atoms with Crippen LogP contribution in [0.1, 0.15) is 27.2 Å². The standard InChI is InChI=1S/C11H16O6/c1-6-11(17-8(3)14)10(16-7(2)13)4-9(5-12)15-6/h5-6,9-11H,4H2,1-3H3/t6-,9?,10+,11+/m0/s1. The van der Waals surface area contributed by atoms with Crippen molar-refractivity contribution in [1.29, 1.82) is 0 Å². The second kappa shape index (κ2) is 5.77. The molecule has 1 aliphatic heterocycles. The number of aldehydes is 1. The second-order valence-corrected chi connectivity index (χ2v) is 3.97. The highest BCUT2D eigenvalue weighted by Gasteiger charge is 2.40. The second-order valence-electron chi connectivity index (χ2n) is 3.97. The van der Waals surface area contributed by atoms with Gasteiger partial charge in [-0.25, -0.2) is 0 Å². The summed E-state index contributed by atoms with van der Waals surface area (Å²) < 4.78 is 15.4. The van der Waals surface area contributed by atoms with Gasteiger partial charge in [0.2, 0.25) is 0 Å². The van der Waals surface area contributed by atoms with Crippen molar-refractivity contribution in [2.24, 2.45) is 0 Å². The lowest BCUT2D eigenvalue weighted by atomic mass is 9.99. The molecular formula is C11H16O6. The Morgan fingerprint density at radius 3 is 2.29 bits per heavy atom. The van der Waals surface area contributed by atoms with Gasteiger partial charge in [-0.1, -0.05) is 0 Å². The number of ether oxygens (including phenoxy) is 3. The molecule has 0 aromatic rings. The fraction of sp³-hybridized carbons (Fsp3) is 0.727. The molecule has 4 atom stereocenters. The van der Waals surface area contributed by atoms with E-state index in [9.17, 15) is 14.4 Å². The number of hydrogen-bond acceptors (Lipinski definition) is 6. The molecule has 0 N–H and O–H groups in total. The molecule has 1 unspecified atom stereocenters. The molecule has 1 saturated heterocycles. The predicted molar refractivity (Wildman–Crippen MR) is 56.1 cm³/mol. The largest absolute Gasteiger partial charge is 0.458 e. The van der Waals surface area contributed by atoms with Crippen molar-refractivity contribution in [2.45, 2.75) is 51.6 Å². The van der Waals surface area contributed by atoms with E-state index in [1.807, 2.05) is 0 Å². The lowest BCUT2D eigenvalue weighted by Gasteiger charge is -2.37. The maximum absolute atomic E-state index is 11.0. The van der Waals surface area contributed by atoms with Gasteiger partial charge in [0.15, 0.2) is 6.10 Å². The minimum Gasteiger partial charge on any atom is -0.458 e. The highest BCUT2D eigenvalue weighted by molar-refractivity contribution is 5.67. The zero-order chi connectivity index (χ0) is 13.0. The molecule has 1 heterocycles. The molecule has 6 heteroatoms. The SMILES string of the molecule is CC(=O)O[C@@H]1[C@H](C)OC(C=O)C[C@H]1OC(C)=O. The van der Waals surface area contributed by atoms with Gasteiger partial charge in [0, 0.05) is 20.3 Å². The minimum atomic E-state index is -0.674. The Morgan fingerprint density at radius 1 is 1.24 bits per heavy atom. The van der Waals surface area contributed by atoms with Crippen LogP contribution in [0.4, 0.5) is 0 Å². The molecule has 1 fully saturated rings. The molecule has 0 spiro atoms. The van der Waals surface area contributed by atoms with Gasteiger partial charge in [-0.05, 0) is 6.92 Å². The first-order valence-corrected chi connectivity index (χ1v) is 5.39. The molecule has 0 saturated carbocycles. The van der Waals surface area contributed by atoms with Crippen LogP contribution in [0.15, 0.2) is 0 Å². The summed E-state index contributed by atoms with van der Waals surface area (Å²) in [6.45, 7) is 4.20. The van der Waals surface area contributed by atoms with Crippen molar-refractivity contribution in [3.8, 4) is 0 Å². The van der Waals surface area contributed by atoms with Crippen LogP contribution < -0.4 is 0 Å². The zero-order valence-corrected chi connectivity index (χ0v) is 10.0. The van der Waals surface area contributed by atoms with E-state index in [0.717, 1.165) is 0 Å². The van der Waals surface area contributed by atoms with Crippen molar-refractivity contribution in [1.82, 2.24) is 0 Å². The fourth-order valence-corrected chi connectivity index (χ4v) is 1.85. The van der Waals surface area contributed by atoms with Crippen molar-refractivity contribution in [3.05, 3.63) is 0 Å². The summed E-state index contributed by atoms with van der Waals surface area (Å²) in [5.74, 6) is -0.960. The van der Waals surface area contributed by atoms with E-state index in [0.29, 0.717) is 6.29 Å². The first kappa shape index (κ1) is 13.6. The first-order chi connectivity index (χ1) is 7.93. The summed E-state index contributed by atoms with van der Waals surface area (Å²) in [6.07, 6.45) is -1.60. The number of carbonyl (C=O) groups excluding carboxylic acids is 3. The van der Waals surface area contributed by atoms with Crippen molar-refractivity contribution >= 4 is 18.2 Å². The van der Waals surface area contributed by atoms with E-state index in [4.69, 9.17) is 14.2 Å². The average molecular weight is 244 g/mol. The molecule has 0 bridgehead atoms. The molecule has 17 heavy (non-hydrogen) atoms. The van der Waals surface area contributed by atoms with Crippen molar-refractivity contribution < 1.29 is 28.6 Å². The Hall–Kier alpha value is -1.43. The molecule has 0 aromatic heterocycles. The van der Waals surface area contributed by atoms with E-state index in [2.05, 4.69) is 0 Å². The molecule has 0 radical (unpaired) electrons. The molecule has 0 amide bonds. The normalized spacial score (nSPS) is 32.6. The van der Waals surface area contributed by atoms with Crippen LogP contribution in [-0.4, -0.2) is 42.6 Å². The van der Waals surface area contributed by atoms with Gasteiger partial charge < -0.3 is 19.0 Å². The van der Waals surface area contributed by atoms with Crippen LogP contribution in [0, 0.1) is 0 Å². The minimum absolute atomic E-state index is 0.200. The maximum atomic E-state index is 11.0. The first-order valence-electron chi connectivity index (χ1n) is 5.39. The number of esters is 2. The summed E-state index contributed by atoms with van der Waals surface area (Å²) in [5, 5.41) is 0. The van der Waals surface area contributed by atoms with Gasteiger partial charge in [0.25, 0.3) is 0 Å². The quantitative estimate of drug-likeness (QED) is 0.522. The van der Waals surface area contributed by atoms with Crippen LogP contribution in [0.5, 0.6) is 0 Å².